The quantitative estimate of drug-likeness (QED) is 0.208. The number of halogens is 1. The lowest BCUT2D eigenvalue weighted by Gasteiger charge is -2.20. The molecule has 5 aromatic rings. The van der Waals surface area contributed by atoms with Gasteiger partial charge in [0.05, 0.1) is 12.1 Å². The average Bonchev–Trinajstić information content (AvgIpc) is 3.69. The van der Waals surface area contributed by atoms with Gasteiger partial charge in [0.1, 0.15) is 23.8 Å². The summed E-state index contributed by atoms with van der Waals surface area (Å²) in [5.74, 6) is 1.75. The Kier molecular flexibility index (Phi) is 6.95. The first-order chi connectivity index (χ1) is 20.3. The molecule has 0 saturated carbocycles. The van der Waals surface area contributed by atoms with E-state index >= 15 is 0 Å². The number of rotatable bonds is 6. The Morgan fingerprint density at radius 3 is 1.12 bits per heavy atom. The van der Waals surface area contributed by atoms with Crippen LogP contribution in [0.3, 0.4) is 0 Å². The van der Waals surface area contributed by atoms with E-state index in [2.05, 4.69) is 166 Å². The van der Waals surface area contributed by atoms with Crippen LogP contribution in [0.5, 0.6) is 0 Å². The van der Waals surface area contributed by atoms with Gasteiger partial charge in [0.2, 0.25) is 0 Å². The Bertz CT molecular complexity index is 1580. The van der Waals surface area contributed by atoms with E-state index in [1.165, 1.54) is 22.3 Å². The second-order valence-corrected chi connectivity index (χ2v) is 11.2. The van der Waals surface area contributed by atoms with Crippen LogP contribution in [-0.4, -0.2) is 11.7 Å². The smallest absolute Gasteiger partial charge is 0.130 e. The van der Waals surface area contributed by atoms with E-state index in [4.69, 9.17) is 9.98 Å². The molecule has 0 aromatic heterocycles. The first kappa shape index (κ1) is 25.5. The molecular formula is C36H29BrN4. The first-order valence-electron chi connectivity index (χ1n) is 13.9. The molecule has 41 heavy (non-hydrogen) atoms. The van der Waals surface area contributed by atoms with Crippen LogP contribution in [0.2, 0.25) is 0 Å². The average molecular weight is 598 g/mol. The zero-order valence-corrected chi connectivity index (χ0v) is 23.9. The minimum absolute atomic E-state index is 0.0315. The van der Waals surface area contributed by atoms with Crippen LogP contribution in [0.1, 0.15) is 57.5 Å². The monoisotopic (exact) mass is 596 g/mol. The summed E-state index contributed by atoms with van der Waals surface area (Å²) in [6.45, 7) is 0. The first-order valence-corrected chi connectivity index (χ1v) is 14.7. The molecule has 200 valence electrons. The fraction of sp³-hybridized carbons (Fsp3) is 0.111. The highest BCUT2D eigenvalue weighted by atomic mass is 79.9. The molecule has 0 unspecified atom stereocenters. The van der Waals surface area contributed by atoms with Crippen molar-refractivity contribution < 1.29 is 0 Å². The molecule has 2 aliphatic rings. The molecule has 0 radical (unpaired) electrons. The van der Waals surface area contributed by atoms with Gasteiger partial charge in [-0.2, -0.15) is 0 Å². The van der Waals surface area contributed by atoms with E-state index in [1.807, 2.05) is 0 Å². The van der Waals surface area contributed by atoms with Gasteiger partial charge in [0.15, 0.2) is 0 Å². The zero-order valence-electron chi connectivity index (χ0n) is 22.4. The summed E-state index contributed by atoms with van der Waals surface area (Å²) in [4.78, 5) is 10.5. The Morgan fingerprint density at radius 2 is 0.756 bits per heavy atom. The van der Waals surface area contributed by atoms with Crippen molar-refractivity contribution in [3.8, 4) is 0 Å². The maximum Gasteiger partial charge on any atom is 0.130 e. The van der Waals surface area contributed by atoms with Crippen LogP contribution in [0.15, 0.2) is 154 Å². The van der Waals surface area contributed by atoms with Crippen molar-refractivity contribution in [2.45, 2.75) is 24.2 Å². The number of hydrogen-bond acceptors (Lipinski definition) is 4. The number of hydrogen-bond donors (Lipinski definition) is 2. The number of nitrogens with one attached hydrogen (secondary N) is 2. The molecule has 4 nitrogen and oxygen atoms in total. The van der Waals surface area contributed by atoms with Crippen molar-refractivity contribution in [1.29, 1.82) is 0 Å². The molecule has 0 fully saturated rings. The van der Waals surface area contributed by atoms with E-state index in [9.17, 15) is 0 Å². The van der Waals surface area contributed by atoms with Gasteiger partial charge in [-0.25, -0.2) is 0 Å². The highest BCUT2D eigenvalue weighted by molar-refractivity contribution is 9.10. The molecule has 2 heterocycles. The molecule has 0 saturated heterocycles. The van der Waals surface area contributed by atoms with E-state index in [-0.39, 0.29) is 24.2 Å². The lowest BCUT2D eigenvalue weighted by atomic mass is 9.95. The Labute approximate surface area is 249 Å². The van der Waals surface area contributed by atoms with Crippen LogP contribution in [0.4, 0.5) is 0 Å². The minimum atomic E-state index is -0.0315. The lowest BCUT2D eigenvalue weighted by molar-refractivity contribution is 0.572. The number of benzene rings is 5. The number of nitrogens with zero attached hydrogens (tertiary/aromatic N) is 2. The lowest BCUT2D eigenvalue weighted by Crippen LogP contribution is -2.27. The predicted molar refractivity (Wildman–Crippen MR) is 170 cm³/mol. The van der Waals surface area contributed by atoms with Crippen molar-refractivity contribution in [2.75, 3.05) is 0 Å². The fourth-order valence-electron chi connectivity index (χ4n) is 5.83. The van der Waals surface area contributed by atoms with Crippen LogP contribution in [-0.2, 0) is 0 Å². The fourth-order valence-corrected chi connectivity index (χ4v) is 6.47. The van der Waals surface area contributed by atoms with Crippen molar-refractivity contribution in [3.05, 3.63) is 177 Å². The largest absolute Gasteiger partial charge is 0.360 e. The third-order valence-electron chi connectivity index (χ3n) is 7.86. The summed E-state index contributed by atoms with van der Waals surface area (Å²) < 4.78 is 0.971. The Balaban J connectivity index is 1.27. The number of aliphatic imine (C=N–C) groups is 2. The number of amidine groups is 2. The van der Waals surface area contributed by atoms with Gasteiger partial charge in [-0.05, 0) is 38.2 Å². The molecule has 7 rings (SSSR count). The molecule has 2 aliphatic heterocycles. The third kappa shape index (κ3) is 4.98. The summed E-state index contributed by atoms with van der Waals surface area (Å²) in [5.41, 5.74) is 6.84. The van der Waals surface area contributed by atoms with E-state index in [0.29, 0.717) is 0 Å². The molecule has 0 amide bonds. The van der Waals surface area contributed by atoms with Gasteiger partial charge in [0, 0.05) is 15.6 Å². The van der Waals surface area contributed by atoms with Gasteiger partial charge in [-0.15, -0.1) is 0 Å². The van der Waals surface area contributed by atoms with E-state index in [1.54, 1.807) is 0 Å². The maximum atomic E-state index is 5.26. The van der Waals surface area contributed by atoms with Crippen LogP contribution in [0, 0.1) is 0 Å². The summed E-state index contributed by atoms with van der Waals surface area (Å²) in [6.07, 6.45) is 0. The molecule has 0 bridgehead atoms. The molecule has 4 atom stereocenters. The molecule has 0 aliphatic carbocycles. The van der Waals surface area contributed by atoms with Crippen molar-refractivity contribution >= 4 is 27.6 Å². The minimum Gasteiger partial charge on any atom is -0.360 e. The van der Waals surface area contributed by atoms with Crippen molar-refractivity contribution in [1.82, 2.24) is 10.6 Å². The SMILES string of the molecule is Brc1c(C2=N[C@@H](c3ccccc3)[C@H](c3ccccc3)N2)cccc1C1=N[C@@H](c2ccccc2)[C@H](c2ccccc2)N1. The summed E-state index contributed by atoms with van der Waals surface area (Å²) in [6, 6.07) is 48.5. The topological polar surface area (TPSA) is 48.8 Å². The van der Waals surface area contributed by atoms with E-state index in [0.717, 1.165) is 27.3 Å². The standard InChI is InChI=1S/C36H29BrN4/c37-30-28(35-38-31(24-14-5-1-6-15-24)32(39-35)25-16-7-2-8-17-25)22-13-23-29(30)36-40-33(26-18-9-3-10-19-26)34(41-36)27-20-11-4-12-21-27/h1-23,31-34H,(H,38,39)(H,40,41)/t31-,32-,33-,34-/m0/s1. The van der Waals surface area contributed by atoms with Gasteiger partial charge in [0.25, 0.3) is 0 Å². The highest BCUT2D eigenvalue weighted by Gasteiger charge is 2.35. The maximum absolute atomic E-state index is 5.26. The molecule has 2 N–H and O–H groups in total. The van der Waals surface area contributed by atoms with Crippen LogP contribution < -0.4 is 10.6 Å². The predicted octanol–water partition coefficient (Wildman–Crippen LogP) is 8.11. The van der Waals surface area contributed by atoms with Gasteiger partial charge in [-0.1, -0.05) is 140 Å². The zero-order chi connectivity index (χ0) is 27.6. The van der Waals surface area contributed by atoms with Gasteiger partial charge < -0.3 is 10.6 Å². The molecule has 5 heteroatoms. The Hall–Kier alpha value is -4.48. The van der Waals surface area contributed by atoms with Gasteiger partial charge >= 0.3 is 0 Å². The Morgan fingerprint density at radius 1 is 0.415 bits per heavy atom. The second-order valence-electron chi connectivity index (χ2n) is 10.4. The molecule has 5 aromatic carbocycles. The van der Waals surface area contributed by atoms with Gasteiger partial charge in [-0.3, -0.25) is 9.98 Å². The third-order valence-corrected chi connectivity index (χ3v) is 8.72. The molecular weight excluding hydrogens is 568 g/mol. The van der Waals surface area contributed by atoms with Crippen LogP contribution in [0.25, 0.3) is 0 Å². The summed E-state index contributed by atoms with van der Waals surface area (Å²) >= 11 is 3.96. The molecule has 0 spiro atoms. The highest BCUT2D eigenvalue weighted by Crippen LogP contribution is 2.40. The van der Waals surface area contributed by atoms with E-state index < -0.39 is 0 Å². The summed E-state index contributed by atoms with van der Waals surface area (Å²) in [5, 5.41) is 7.52. The van der Waals surface area contributed by atoms with Crippen LogP contribution >= 0.6 is 15.9 Å². The normalized spacial score (nSPS) is 21.5. The second kappa shape index (κ2) is 11.2. The summed E-state index contributed by atoms with van der Waals surface area (Å²) in [7, 11) is 0. The van der Waals surface area contributed by atoms with Crippen molar-refractivity contribution in [2.24, 2.45) is 9.98 Å². The van der Waals surface area contributed by atoms with Crippen molar-refractivity contribution in [3.63, 3.8) is 0 Å².